The van der Waals surface area contributed by atoms with E-state index >= 15 is 0 Å². The van der Waals surface area contributed by atoms with Crippen LogP contribution in [-0.2, 0) is 4.79 Å². The van der Waals surface area contributed by atoms with Gasteiger partial charge in [-0.1, -0.05) is 30.3 Å². The molecule has 0 spiro atoms. The van der Waals surface area contributed by atoms with Gasteiger partial charge in [0.05, 0.1) is 12.5 Å². The zero-order valence-electron chi connectivity index (χ0n) is 14.7. The van der Waals surface area contributed by atoms with Crippen molar-refractivity contribution in [3.63, 3.8) is 0 Å². The van der Waals surface area contributed by atoms with Gasteiger partial charge in [0.15, 0.2) is 0 Å². The predicted octanol–water partition coefficient (Wildman–Crippen LogP) is 3.81. The maximum absolute atomic E-state index is 12.5. The van der Waals surface area contributed by atoms with E-state index in [-0.39, 0.29) is 17.9 Å². The lowest BCUT2D eigenvalue weighted by atomic mass is 10.0. The van der Waals surface area contributed by atoms with Gasteiger partial charge in [-0.2, -0.15) is 0 Å². The number of rotatable bonds is 6. The Kier molecular flexibility index (Phi) is 5.80. The second-order valence-electron chi connectivity index (χ2n) is 6.77. The molecule has 5 nitrogen and oxygen atoms in total. The van der Waals surface area contributed by atoms with Gasteiger partial charge in [0.2, 0.25) is 0 Å². The van der Waals surface area contributed by atoms with E-state index in [4.69, 9.17) is 9.84 Å². The average Bonchev–Trinajstić information content (AvgIpc) is 2.54. The molecule has 1 unspecified atom stereocenters. The molecule has 1 atom stereocenters. The van der Waals surface area contributed by atoms with Gasteiger partial charge in [0.25, 0.3) is 5.91 Å². The number of nitrogens with one attached hydrogen (secondary N) is 1. The number of benzene rings is 2. The van der Waals surface area contributed by atoms with Crippen LogP contribution < -0.4 is 10.1 Å². The highest BCUT2D eigenvalue weighted by atomic mass is 16.5. The molecule has 0 aromatic heterocycles. The summed E-state index contributed by atoms with van der Waals surface area (Å²) in [5, 5.41) is 11.9. The van der Waals surface area contributed by atoms with E-state index in [9.17, 15) is 9.59 Å². The van der Waals surface area contributed by atoms with E-state index in [2.05, 4.69) is 5.32 Å². The Bertz CT molecular complexity index is 718. The number of carboxylic acids is 1. The van der Waals surface area contributed by atoms with E-state index in [1.165, 1.54) is 0 Å². The fourth-order valence-electron chi connectivity index (χ4n) is 2.38. The van der Waals surface area contributed by atoms with Crippen LogP contribution in [0.15, 0.2) is 54.6 Å². The highest BCUT2D eigenvalue weighted by molar-refractivity contribution is 5.94. The summed E-state index contributed by atoms with van der Waals surface area (Å²) in [5.41, 5.74) is 0.891. The summed E-state index contributed by atoms with van der Waals surface area (Å²) in [6.07, 6.45) is -0.180. The molecule has 2 N–H and O–H groups in total. The number of carbonyl (C=O) groups excluding carboxylic acids is 1. The summed E-state index contributed by atoms with van der Waals surface area (Å²) >= 11 is 0. The third-order valence-corrected chi connectivity index (χ3v) is 3.43. The van der Waals surface area contributed by atoms with Crippen LogP contribution in [0, 0.1) is 0 Å². The minimum absolute atomic E-state index is 0.180. The second-order valence-corrected chi connectivity index (χ2v) is 6.77. The van der Waals surface area contributed by atoms with Gasteiger partial charge in [0.1, 0.15) is 11.4 Å². The predicted molar refractivity (Wildman–Crippen MR) is 95.7 cm³/mol. The van der Waals surface area contributed by atoms with Crippen LogP contribution >= 0.6 is 0 Å². The number of amides is 1. The SMILES string of the molecule is CC(C)(C)Oc1ccc(C(=O)NC(CC(=O)O)c2ccccc2)cc1. The number of carbonyl (C=O) groups is 2. The lowest BCUT2D eigenvalue weighted by Crippen LogP contribution is -2.30. The van der Waals surface area contributed by atoms with Crippen LogP contribution in [0.5, 0.6) is 5.75 Å². The molecule has 5 heteroatoms. The van der Waals surface area contributed by atoms with Crippen molar-refractivity contribution in [2.75, 3.05) is 0 Å². The summed E-state index contributed by atoms with van der Waals surface area (Å²) in [4.78, 5) is 23.6. The van der Waals surface area contributed by atoms with Crippen molar-refractivity contribution >= 4 is 11.9 Å². The number of aliphatic carboxylic acids is 1. The van der Waals surface area contributed by atoms with Gasteiger partial charge in [-0.15, -0.1) is 0 Å². The normalized spacial score (nSPS) is 12.3. The third-order valence-electron chi connectivity index (χ3n) is 3.43. The number of ether oxygens (including phenoxy) is 1. The third kappa shape index (κ3) is 5.95. The molecular formula is C20H23NO4. The zero-order chi connectivity index (χ0) is 18.4. The van der Waals surface area contributed by atoms with Crippen LogP contribution in [0.1, 0.15) is 49.2 Å². The summed E-state index contributed by atoms with van der Waals surface area (Å²) in [5.74, 6) is -0.616. The Morgan fingerprint density at radius 1 is 1.04 bits per heavy atom. The maximum Gasteiger partial charge on any atom is 0.305 e. The molecule has 0 aliphatic carbocycles. The van der Waals surface area contributed by atoms with Crippen LogP contribution in [0.3, 0.4) is 0 Å². The molecule has 0 saturated carbocycles. The maximum atomic E-state index is 12.5. The van der Waals surface area contributed by atoms with Gasteiger partial charge in [-0.05, 0) is 50.6 Å². The highest BCUT2D eigenvalue weighted by Gasteiger charge is 2.19. The van der Waals surface area contributed by atoms with E-state index in [1.54, 1.807) is 36.4 Å². The number of hydrogen-bond donors (Lipinski definition) is 2. The first-order chi connectivity index (χ1) is 11.7. The van der Waals surface area contributed by atoms with Crippen molar-refractivity contribution in [3.8, 4) is 5.75 Å². The van der Waals surface area contributed by atoms with Crippen molar-refractivity contribution in [2.45, 2.75) is 38.8 Å². The smallest absolute Gasteiger partial charge is 0.305 e. The Hall–Kier alpha value is -2.82. The fourth-order valence-corrected chi connectivity index (χ4v) is 2.38. The van der Waals surface area contributed by atoms with Crippen molar-refractivity contribution in [2.24, 2.45) is 0 Å². The molecule has 0 saturated heterocycles. The molecule has 0 bridgehead atoms. The highest BCUT2D eigenvalue weighted by Crippen LogP contribution is 2.20. The first-order valence-corrected chi connectivity index (χ1v) is 8.11. The standard InChI is InChI=1S/C20H23NO4/c1-20(2,3)25-16-11-9-15(10-12-16)19(24)21-17(13-18(22)23)14-7-5-4-6-8-14/h4-12,17H,13H2,1-3H3,(H,21,24)(H,22,23). The van der Waals surface area contributed by atoms with E-state index in [0.717, 1.165) is 5.56 Å². The second kappa shape index (κ2) is 7.83. The summed E-state index contributed by atoms with van der Waals surface area (Å²) in [7, 11) is 0. The lowest BCUT2D eigenvalue weighted by Gasteiger charge is -2.21. The van der Waals surface area contributed by atoms with E-state index < -0.39 is 12.0 Å². The topological polar surface area (TPSA) is 75.6 Å². The van der Waals surface area contributed by atoms with Crippen LogP contribution in [-0.4, -0.2) is 22.6 Å². The molecule has 0 heterocycles. The average molecular weight is 341 g/mol. The summed E-state index contributed by atoms with van der Waals surface area (Å²) < 4.78 is 5.73. The molecule has 0 aliphatic rings. The van der Waals surface area contributed by atoms with Gasteiger partial charge in [0, 0.05) is 5.56 Å². The van der Waals surface area contributed by atoms with Gasteiger partial charge in [-0.3, -0.25) is 9.59 Å². The number of hydrogen-bond acceptors (Lipinski definition) is 3. The monoisotopic (exact) mass is 341 g/mol. The van der Waals surface area contributed by atoms with Crippen molar-refractivity contribution in [3.05, 3.63) is 65.7 Å². The summed E-state index contributed by atoms with van der Waals surface area (Å²) in [6.45, 7) is 5.85. The molecule has 2 rings (SSSR count). The molecular weight excluding hydrogens is 318 g/mol. The molecule has 2 aromatic rings. The Balaban J connectivity index is 2.11. The quantitative estimate of drug-likeness (QED) is 0.838. The first-order valence-electron chi connectivity index (χ1n) is 8.11. The van der Waals surface area contributed by atoms with Crippen molar-refractivity contribution < 1.29 is 19.4 Å². The molecule has 1 amide bonds. The minimum Gasteiger partial charge on any atom is -0.488 e. The van der Waals surface area contributed by atoms with Crippen molar-refractivity contribution in [1.82, 2.24) is 5.32 Å². The van der Waals surface area contributed by atoms with Gasteiger partial charge in [-0.25, -0.2) is 0 Å². The largest absolute Gasteiger partial charge is 0.488 e. The van der Waals surface area contributed by atoms with Crippen LogP contribution in [0.4, 0.5) is 0 Å². The molecule has 0 radical (unpaired) electrons. The first kappa shape index (κ1) is 18.5. The van der Waals surface area contributed by atoms with Gasteiger partial charge < -0.3 is 15.2 Å². The summed E-state index contributed by atoms with van der Waals surface area (Å²) in [6, 6.07) is 15.3. The van der Waals surface area contributed by atoms with Crippen molar-refractivity contribution in [1.29, 1.82) is 0 Å². The molecule has 25 heavy (non-hydrogen) atoms. The lowest BCUT2D eigenvalue weighted by molar-refractivity contribution is -0.137. The Labute approximate surface area is 147 Å². The Morgan fingerprint density at radius 2 is 1.64 bits per heavy atom. The molecule has 0 fully saturated rings. The molecule has 2 aromatic carbocycles. The molecule has 0 aliphatic heterocycles. The zero-order valence-corrected chi connectivity index (χ0v) is 14.7. The van der Waals surface area contributed by atoms with Crippen LogP contribution in [0.2, 0.25) is 0 Å². The molecule has 132 valence electrons. The van der Waals surface area contributed by atoms with E-state index in [1.807, 2.05) is 39.0 Å². The minimum atomic E-state index is -0.969. The number of carboxylic acid groups (broad SMARTS) is 1. The fraction of sp³-hybridized carbons (Fsp3) is 0.300. The Morgan fingerprint density at radius 3 is 2.16 bits per heavy atom. The van der Waals surface area contributed by atoms with Gasteiger partial charge >= 0.3 is 5.97 Å². The van der Waals surface area contributed by atoms with E-state index in [0.29, 0.717) is 11.3 Å². The van der Waals surface area contributed by atoms with Crippen LogP contribution in [0.25, 0.3) is 0 Å².